The molecule has 38 heavy (non-hydrogen) atoms. The molecule has 8 nitrogen and oxygen atoms in total. The molecule has 13 heteroatoms. The lowest BCUT2D eigenvalue weighted by Crippen LogP contribution is -2.21. The van der Waals surface area contributed by atoms with E-state index in [-0.39, 0.29) is 28.2 Å². The minimum Gasteiger partial charge on any atom is -0.370 e. The van der Waals surface area contributed by atoms with Crippen LogP contribution in [0.4, 0.5) is 28.9 Å². The first-order valence-corrected chi connectivity index (χ1v) is 12.7. The number of carbonyl (C=O) groups is 1. The van der Waals surface area contributed by atoms with Gasteiger partial charge in [0.25, 0.3) is 10.0 Å². The Kier molecular flexibility index (Phi) is 6.07. The summed E-state index contributed by atoms with van der Waals surface area (Å²) in [6, 6.07) is 5.19. The second-order valence-corrected chi connectivity index (χ2v) is 10.3. The summed E-state index contributed by atoms with van der Waals surface area (Å²) >= 11 is 0. The van der Waals surface area contributed by atoms with Gasteiger partial charge in [0, 0.05) is 25.5 Å². The molecule has 2 aromatic heterocycles. The van der Waals surface area contributed by atoms with Crippen LogP contribution in [0.15, 0.2) is 47.6 Å². The number of ketones is 1. The Labute approximate surface area is 213 Å². The fourth-order valence-corrected chi connectivity index (χ4v) is 5.36. The number of carbonyl (C=O) groups excluding carboxylic acids is 1. The van der Waals surface area contributed by atoms with Crippen LogP contribution in [0.1, 0.15) is 34.3 Å². The first kappa shape index (κ1) is 25.2. The average Bonchev–Trinajstić information content (AvgIpc) is 3.64. The molecule has 0 spiro atoms. The van der Waals surface area contributed by atoms with Gasteiger partial charge < -0.3 is 9.88 Å². The Balaban J connectivity index is 1.61. The molecular formula is C25H17F4N5O3S. The smallest absolute Gasteiger partial charge is 0.265 e. The Hall–Kier alpha value is -4.44. The number of nitrogens with zero attached hydrogens (tertiary/aromatic N) is 3. The van der Waals surface area contributed by atoms with Crippen molar-refractivity contribution in [3.05, 3.63) is 82.7 Å². The number of hydrogen-bond acceptors (Lipinski definition) is 6. The number of fused-ring (bicyclic) bond motifs is 1. The summed E-state index contributed by atoms with van der Waals surface area (Å²) in [5.74, 6) is -6.36. The van der Waals surface area contributed by atoms with Crippen LogP contribution >= 0.6 is 0 Å². The van der Waals surface area contributed by atoms with Crippen LogP contribution in [0.5, 0.6) is 0 Å². The second kappa shape index (κ2) is 9.14. The third-order valence-corrected chi connectivity index (χ3v) is 7.61. The molecule has 2 aromatic carbocycles. The summed E-state index contributed by atoms with van der Waals surface area (Å²) < 4.78 is 85.0. The number of anilines is 2. The van der Waals surface area contributed by atoms with Gasteiger partial charge >= 0.3 is 0 Å². The van der Waals surface area contributed by atoms with Gasteiger partial charge in [-0.25, -0.2) is 31.0 Å². The summed E-state index contributed by atoms with van der Waals surface area (Å²) in [5.41, 5.74) is -1.42. The van der Waals surface area contributed by atoms with Crippen molar-refractivity contribution in [2.75, 3.05) is 16.7 Å². The Morgan fingerprint density at radius 1 is 1.16 bits per heavy atom. The lowest BCUT2D eigenvalue weighted by molar-refractivity contribution is 0.103. The predicted octanol–water partition coefficient (Wildman–Crippen LogP) is 4.62. The van der Waals surface area contributed by atoms with Crippen LogP contribution in [0, 0.1) is 34.6 Å². The first-order valence-electron chi connectivity index (χ1n) is 11.2. The molecule has 0 unspecified atom stereocenters. The molecule has 0 saturated heterocycles. The SMILES string of the molecule is CN(c1c(C#N)cnc2[nH]cc(C(=O)c3c(F)ccc(NS(=O)(=O)c4cc(F)ccc4F)c3F)c12)C1CC1. The Morgan fingerprint density at radius 3 is 2.55 bits per heavy atom. The van der Waals surface area contributed by atoms with Crippen molar-refractivity contribution < 1.29 is 30.8 Å². The molecule has 0 aliphatic heterocycles. The van der Waals surface area contributed by atoms with Crippen LogP contribution in [-0.4, -0.2) is 37.3 Å². The fourth-order valence-electron chi connectivity index (χ4n) is 4.21. The van der Waals surface area contributed by atoms with E-state index in [1.807, 2.05) is 6.07 Å². The number of rotatable bonds is 7. The molecule has 0 atom stereocenters. The maximum atomic E-state index is 15.5. The minimum atomic E-state index is -4.86. The van der Waals surface area contributed by atoms with Crippen molar-refractivity contribution >= 4 is 38.2 Å². The molecule has 194 valence electrons. The number of nitrogens with one attached hydrogen (secondary N) is 2. The van der Waals surface area contributed by atoms with E-state index < -0.39 is 55.2 Å². The lowest BCUT2D eigenvalue weighted by Gasteiger charge is -2.21. The van der Waals surface area contributed by atoms with Gasteiger partial charge in [-0.2, -0.15) is 5.26 Å². The van der Waals surface area contributed by atoms with E-state index in [9.17, 15) is 31.6 Å². The summed E-state index contributed by atoms with van der Waals surface area (Å²) in [5, 5.41) is 9.81. The third-order valence-electron chi connectivity index (χ3n) is 6.23. The van der Waals surface area contributed by atoms with Crippen molar-refractivity contribution in [2.24, 2.45) is 0 Å². The zero-order chi connectivity index (χ0) is 27.4. The molecule has 0 radical (unpaired) electrons. The predicted molar refractivity (Wildman–Crippen MR) is 129 cm³/mol. The number of pyridine rings is 1. The zero-order valence-electron chi connectivity index (χ0n) is 19.5. The van der Waals surface area contributed by atoms with Gasteiger partial charge in [-0.1, -0.05) is 0 Å². The molecular weight excluding hydrogens is 526 g/mol. The maximum Gasteiger partial charge on any atom is 0.265 e. The molecule has 0 amide bonds. The first-order chi connectivity index (χ1) is 18.0. The molecule has 2 heterocycles. The van der Waals surface area contributed by atoms with Crippen LogP contribution < -0.4 is 9.62 Å². The van der Waals surface area contributed by atoms with E-state index in [4.69, 9.17) is 0 Å². The summed E-state index contributed by atoms with van der Waals surface area (Å²) in [4.78, 5) is 21.1. The number of halogens is 4. The van der Waals surface area contributed by atoms with Gasteiger partial charge in [0.2, 0.25) is 5.78 Å². The van der Waals surface area contributed by atoms with Gasteiger partial charge in [0.15, 0.2) is 5.82 Å². The van der Waals surface area contributed by atoms with Crippen molar-refractivity contribution in [3.63, 3.8) is 0 Å². The number of aromatic amines is 1. The number of H-pyrrole nitrogens is 1. The molecule has 1 saturated carbocycles. The van der Waals surface area contributed by atoms with Crippen molar-refractivity contribution in [2.45, 2.75) is 23.8 Å². The van der Waals surface area contributed by atoms with Crippen LogP contribution in [0.3, 0.4) is 0 Å². The van der Waals surface area contributed by atoms with E-state index in [1.54, 1.807) is 16.7 Å². The molecule has 4 aromatic rings. The van der Waals surface area contributed by atoms with E-state index in [0.29, 0.717) is 36.0 Å². The van der Waals surface area contributed by atoms with Crippen molar-refractivity contribution in [3.8, 4) is 6.07 Å². The standard InChI is InChI=1S/C25H17F4N5O3S/c1-34(14-3-4-14)23-12(9-30)10-31-25-20(23)15(11-32-25)24(35)21-17(28)6-7-18(22(21)29)33-38(36,37)19-8-13(26)2-5-16(19)27/h2,5-8,10-11,14,33H,3-4H2,1H3,(H,31,32). The number of benzene rings is 2. The van der Waals surface area contributed by atoms with E-state index in [0.717, 1.165) is 12.8 Å². The van der Waals surface area contributed by atoms with Gasteiger partial charge in [-0.3, -0.25) is 9.52 Å². The normalized spacial score (nSPS) is 13.4. The quantitative estimate of drug-likeness (QED) is 0.259. The summed E-state index contributed by atoms with van der Waals surface area (Å²) in [6.45, 7) is 0. The highest BCUT2D eigenvalue weighted by molar-refractivity contribution is 7.92. The van der Waals surface area contributed by atoms with E-state index in [2.05, 4.69) is 9.97 Å². The van der Waals surface area contributed by atoms with Crippen LogP contribution in [0.2, 0.25) is 0 Å². The average molecular weight is 544 g/mol. The van der Waals surface area contributed by atoms with Gasteiger partial charge in [-0.05, 0) is 43.2 Å². The van der Waals surface area contributed by atoms with Crippen LogP contribution in [0.25, 0.3) is 11.0 Å². The van der Waals surface area contributed by atoms with Gasteiger partial charge in [-0.15, -0.1) is 0 Å². The fraction of sp³-hybridized carbons (Fsp3) is 0.160. The molecule has 1 fully saturated rings. The summed E-state index contributed by atoms with van der Waals surface area (Å²) in [7, 11) is -3.13. The monoisotopic (exact) mass is 543 g/mol. The lowest BCUT2D eigenvalue weighted by atomic mass is 9.99. The number of sulfonamides is 1. The Bertz CT molecular complexity index is 1780. The highest BCUT2D eigenvalue weighted by Gasteiger charge is 2.33. The molecule has 1 aliphatic carbocycles. The topological polar surface area (TPSA) is 119 Å². The molecule has 1 aliphatic rings. The maximum absolute atomic E-state index is 15.5. The Morgan fingerprint density at radius 2 is 1.87 bits per heavy atom. The van der Waals surface area contributed by atoms with Gasteiger partial charge in [0.1, 0.15) is 34.1 Å². The molecule has 0 bridgehead atoms. The van der Waals surface area contributed by atoms with Crippen LogP contribution in [-0.2, 0) is 10.0 Å². The number of hydrogen-bond donors (Lipinski definition) is 2. The number of nitriles is 1. The highest BCUT2D eigenvalue weighted by Crippen LogP contribution is 2.39. The highest BCUT2D eigenvalue weighted by atomic mass is 32.2. The van der Waals surface area contributed by atoms with Gasteiger partial charge in [0.05, 0.1) is 33.5 Å². The number of aromatic nitrogens is 2. The van der Waals surface area contributed by atoms with Crippen molar-refractivity contribution in [1.82, 2.24) is 9.97 Å². The molecule has 5 rings (SSSR count). The van der Waals surface area contributed by atoms with E-state index >= 15 is 4.39 Å². The van der Waals surface area contributed by atoms with Crippen molar-refractivity contribution in [1.29, 1.82) is 5.26 Å². The second-order valence-electron chi connectivity index (χ2n) is 8.69. The zero-order valence-corrected chi connectivity index (χ0v) is 20.3. The van der Waals surface area contributed by atoms with E-state index in [1.165, 1.54) is 12.4 Å². The minimum absolute atomic E-state index is 0.111. The molecule has 2 N–H and O–H groups in total. The largest absolute Gasteiger partial charge is 0.370 e. The summed E-state index contributed by atoms with van der Waals surface area (Å²) in [6.07, 6.45) is 4.24. The third kappa shape index (κ3) is 4.22.